The zero-order chi connectivity index (χ0) is 14.5. The maximum Gasteiger partial charge on any atom is 0.331 e. The number of rotatable bonds is 5. The van der Waals surface area contributed by atoms with Crippen molar-refractivity contribution in [1.82, 2.24) is 4.98 Å². The van der Waals surface area contributed by atoms with E-state index in [0.29, 0.717) is 5.56 Å². The maximum atomic E-state index is 10.9. The van der Waals surface area contributed by atoms with Crippen LogP contribution in [0.4, 0.5) is 5.69 Å². The molecule has 0 bridgehead atoms. The van der Waals surface area contributed by atoms with Crippen LogP contribution in [-0.2, 0) is 11.2 Å². The second kappa shape index (κ2) is 5.79. The highest BCUT2D eigenvalue weighted by molar-refractivity contribution is 5.71. The quantitative estimate of drug-likeness (QED) is 0.663. The Bertz CT molecular complexity index is 657. The number of hydrogen-bond donors (Lipinski definition) is 1. The molecule has 0 atom stereocenters. The van der Waals surface area contributed by atoms with Crippen molar-refractivity contribution in [3.8, 4) is 11.6 Å². The molecule has 2 rings (SSSR count). The van der Waals surface area contributed by atoms with Crippen molar-refractivity contribution in [2.24, 2.45) is 0 Å². The average molecular weight is 274 g/mol. The summed E-state index contributed by atoms with van der Waals surface area (Å²) in [6, 6.07) is 9.12. The zero-order valence-corrected chi connectivity index (χ0v) is 10.2. The minimum absolute atomic E-state index is 0.171. The first-order valence-corrected chi connectivity index (χ1v) is 5.65. The van der Waals surface area contributed by atoms with Gasteiger partial charge in [0.05, 0.1) is 11.3 Å². The molecule has 0 spiro atoms. The van der Waals surface area contributed by atoms with E-state index in [0.717, 1.165) is 0 Å². The summed E-state index contributed by atoms with van der Waals surface area (Å²) in [7, 11) is 0. The van der Waals surface area contributed by atoms with E-state index < -0.39 is 10.9 Å². The first-order valence-electron chi connectivity index (χ1n) is 5.65. The fraction of sp³-hybridized carbons (Fsp3) is 0.0769. The number of nitro groups is 1. The molecule has 0 amide bonds. The van der Waals surface area contributed by atoms with Crippen LogP contribution in [0.5, 0.6) is 11.6 Å². The molecule has 0 saturated heterocycles. The second-order valence-corrected chi connectivity index (χ2v) is 3.87. The van der Waals surface area contributed by atoms with Crippen LogP contribution in [0, 0.1) is 10.1 Å². The van der Waals surface area contributed by atoms with Gasteiger partial charge in [-0.3, -0.25) is 14.9 Å². The van der Waals surface area contributed by atoms with Gasteiger partial charge in [0.1, 0.15) is 5.75 Å². The molecule has 0 aliphatic rings. The third-order valence-corrected chi connectivity index (χ3v) is 2.47. The monoisotopic (exact) mass is 274 g/mol. The number of para-hydroxylation sites is 1. The van der Waals surface area contributed by atoms with Gasteiger partial charge < -0.3 is 9.84 Å². The molecule has 1 N–H and O–H groups in total. The molecular weight excluding hydrogens is 264 g/mol. The van der Waals surface area contributed by atoms with E-state index in [1.165, 1.54) is 24.4 Å². The highest BCUT2D eigenvalue weighted by atomic mass is 16.6. The molecule has 7 nitrogen and oxygen atoms in total. The molecule has 0 fully saturated rings. The Morgan fingerprint density at radius 3 is 2.75 bits per heavy atom. The van der Waals surface area contributed by atoms with Gasteiger partial charge in [-0.05, 0) is 12.1 Å². The van der Waals surface area contributed by atoms with Crippen LogP contribution in [0.3, 0.4) is 0 Å². The van der Waals surface area contributed by atoms with Gasteiger partial charge in [-0.15, -0.1) is 0 Å². The summed E-state index contributed by atoms with van der Waals surface area (Å²) in [5.74, 6) is -0.955. The van der Waals surface area contributed by atoms with Crippen LogP contribution >= 0.6 is 0 Å². The summed E-state index contributed by atoms with van der Waals surface area (Å²) >= 11 is 0. The number of carboxylic acid groups (broad SMARTS) is 1. The number of benzene rings is 1. The van der Waals surface area contributed by atoms with Gasteiger partial charge in [0.15, 0.2) is 0 Å². The lowest BCUT2D eigenvalue weighted by Gasteiger charge is -2.08. The van der Waals surface area contributed by atoms with Gasteiger partial charge in [0.25, 0.3) is 5.88 Å². The molecule has 0 unspecified atom stereocenters. The van der Waals surface area contributed by atoms with E-state index in [4.69, 9.17) is 9.84 Å². The summed E-state index contributed by atoms with van der Waals surface area (Å²) < 4.78 is 5.39. The molecule has 102 valence electrons. The Morgan fingerprint density at radius 1 is 1.30 bits per heavy atom. The molecule has 2 aromatic rings. The van der Waals surface area contributed by atoms with Crippen LogP contribution in [-0.4, -0.2) is 21.0 Å². The van der Waals surface area contributed by atoms with Gasteiger partial charge in [0.2, 0.25) is 0 Å². The van der Waals surface area contributed by atoms with Crippen LogP contribution < -0.4 is 4.74 Å². The van der Waals surface area contributed by atoms with Gasteiger partial charge in [0, 0.05) is 17.8 Å². The highest BCUT2D eigenvalue weighted by Gasteiger charge is 2.18. The van der Waals surface area contributed by atoms with Crippen LogP contribution in [0.25, 0.3) is 0 Å². The van der Waals surface area contributed by atoms with Crippen molar-refractivity contribution < 1.29 is 19.6 Å². The fourth-order valence-corrected chi connectivity index (χ4v) is 1.62. The average Bonchev–Trinajstić information content (AvgIpc) is 2.41. The predicted octanol–water partition coefficient (Wildman–Crippen LogP) is 2.41. The Hall–Kier alpha value is -2.96. The molecule has 0 radical (unpaired) electrons. The first kappa shape index (κ1) is 13.5. The molecular formula is C13H10N2O5. The van der Waals surface area contributed by atoms with E-state index in [1.807, 2.05) is 0 Å². The number of carbonyl (C=O) groups is 1. The van der Waals surface area contributed by atoms with Crippen LogP contribution in [0.15, 0.2) is 42.6 Å². The van der Waals surface area contributed by atoms with E-state index in [-0.39, 0.29) is 23.7 Å². The maximum absolute atomic E-state index is 10.9. The molecule has 20 heavy (non-hydrogen) atoms. The van der Waals surface area contributed by atoms with Crippen molar-refractivity contribution in [2.75, 3.05) is 0 Å². The van der Waals surface area contributed by atoms with Gasteiger partial charge in [-0.2, -0.15) is 0 Å². The Labute approximate surface area is 113 Å². The van der Waals surface area contributed by atoms with E-state index in [2.05, 4.69) is 4.98 Å². The Kier molecular flexibility index (Phi) is 3.90. The molecule has 0 saturated carbocycles. The summed E-state index contributed by atoms with van der Waals surface area (Å²) in [6.45, 7) is 0. The number of aliphatic carboxylic acids is 1. The van der Waals surface area contributed by atoms with E-state index in [9.17, 15) is 14.9 Å². The largest absolute Gasteiger partial charge is 0.481 e. The molecule has 1 aromatic carbocycles. The highest BCUT2D eigenvalue weighted by Crippen LogP contribution is 2.30. The number of ether oxygens (including phenoxy) is 1. The van der Waals surface area contributed by atoms with Crippen molar-refractivity contribution >= 4 is 11.7 Å². The topological polar surface area (TPSA) is 103 Å². The normalized spacial score (nSPS) is 10.0. The summed E-state index contributed by atoms with van der Waals surface area (Å²) in [5, 5.41) is 19.7. The Morgan fingerprint density at radius 2 is 2.05 bits per heavy atom. The van der Waals surface area contributed by atoms with E-state index >= 15 is 0 Å². The summed E-state index contributed by atoms with van der Waals surface area (Å²) in [4.78, 5) is 24.8. The molecule has 0 aliphatic heterocycles. The summed E-state index contributed by atoms with van der Waals surface area (Å²) in [5.41, 5.74) is 0.137. The summed E-state index contributed by atoms with van der Waals surface area (Å²) in [6.07, 6.45) is 1.12. The lowest BCUT2D eigenvalue weighted by molar-refractivity contribution is -0.386. The standard InChI is InChI=1S/C13H10N2O5/c16-12(17)8-9-4-1-2-6-11(9)20-13-10(15(18)19)5-3-7-14-13/h1-7H,8H2,(H,16,17). The smallest absolute Gasteiger partial charge is 0.331 e. The van der Waals surface area contributed by atoms with Crippen molar-refractivity contribution in [3.63, 3.8) is 0 Å². The first-order chi connectivity index (χ1) is 9.58. The molecule has 7 heteroatoms. The number of nitrogens with zero attached hydrogens (tertiary/aromatic N) is 2. The van der Waals surface area contributed by atoms with E-state index in [1.54, 1.807) is 18.2 Å². The van der Waals surface area contributed by atoms with Crippen molar-refractivity contribution in [2.45, 2.75) is 6.42 Å². The second-order valence-electron chi connectivity index (χ2n) is 3.87. The minimum atomic E-state index is -1.02. The fourth-order valence-electron chi connectivity index (χ4n) is 1.62. The van der Waals surface area contributed by atoms with Gasteiger partial charge in [-0.25, -0.2) is 4.98 Å². The molecule has 1 aromatic heterocycles. The zero-order valence-electron chi connectivity index (χ0n) is 10.2. The lowest BCUT2D eigenvalue weighted by Crippen LogP contribution is -2.03. The molecule has 1 heterocycles. The van der Waals surface area contributed by atoms with Crippen LogP contribution in [0.2, 0.25) is 0 Å². The number of aromatic nitrogens is 1. The third-order valence-electron chi connectivity index (χ3n) is 2.47. The SMILES string of the molecule is O=C(O)Cc1ccccc1Oc1ncccc1[N+](=O)[O-]. The number of hydrogen-bond acceptors (Lipinski definition) is 5. The van der Waals surface area contributed by atoms with Crippen molar-refractivity contribution in [3.05, 3.63) is 58.3 Å². The predicted molar refractivity (Wildman–Crippen MR) is 68.7 cm³/mol. The molecule has 0 aliphatic carbocycles. The third kappa shape index (κ3) is 3.08. The van der Waals surface area contributed by atoms with Gasteiger partial charge >= 0.3 is 11.7 Å². The van der Waals surface area contributed by atoms with Crippen molar-refractivity contribution in [1.29, 1.82) is 0 Å². The minimum Gasteiger partial charge on any atom is -0.481 e. The number of pyridine rings is 1. The van der Waals surface area contributed by atoms with Gasteiger partial charge in [-0.1, -0.05) is 18.2 Å². The lowest BCUT2D eigenvalue weighted by atomic mass is 10.1. The Balaban J connectivity index is 2.35. The van der Waals surface area contributed by atoms with Crippen LogP contribution in [0.1, 0.15) is 5.56 Å². The number of carboxylic acids is 1.